The summed E-state index contributed by atoms with van der Waals surface area (Å²) in [7, 11) is 1.78. The number of rotatable bonds is 5. The number of nitrogens with zero attached hydrogens (tertiary/aromatic N) is 1. The van der Waals surface area contributed by atoms with Gasteiger partial charge in [0.2, 0.25) is 6.79 Å². The van der Waals surface area contributed by atoms with Crippen LogP contribution in [0.3, 0.4) is 0 Å². The number of ether oxygens (including phenoxy) is 2. The molecule has 1 aromatic carbocycles. The van der Waals surface area contributed by atoms with Crippen molar-refractivity contribution in [2.45, 2.75) is 13.0 Å². The van der Waals surface area contributed by atoms with Crippen molar-refractivity contribution in [3.05, 3.63) is 46.2 Å². The highest BCUT2D eigenvalue weighted by molar-refractivity contribution is 7.09. The van der Waals surface area contributed by atoms with E-state index in [2.05, 4.69) is 39.2 Å². The monoisotopic (exact) mass is 317 g/mol. The maximum absolute atomic E-state index is 5.39. The van der Waals surface area contributed by atoms with Crippen LogP contribution in [0.4, 0.5) is 0 Å². The number of benzene rings is 1. The van der Waals surface area contributed by atoms with E-state index in [0.29, 0.717) is 6.79 Å². The Morgan fingerprint density at radius 3 is 2.95 bits per heavy atom. The summed E-state index contributed by atoms with van der Waals surface area (Å²) in [6, 6.07) is 10.2. The minimum atomic E-state index is 0.316. The van der Waals surface area contributed by atoms with Gasteiger partial charge in [0.1, 0.15) is 0 Å². The average molecular weight is 317 g/mol. The Bertz CT molecular complexity index is 641. The van der Waals surface area contributed by atoms with Gasteiger partial charge in [0.15, 0.2) is 17.5 Å². The Morgan fingerprint density at radius 1 is 1.23 bits per heavy atom. The van der Waals surface area contributed by atoms with Gasteiger partial charge in [-0.05, 0) is 35.6 Å². The van der Waals surface area contributed by atoms with Crippen molar-refractivity contribution in [3.63, 3.8) is 0 Å². The van der Waals surface area contributed by atoms with E-state index in [1.54, 1.807) is 18.4 Å². The molecule has 1 aromatic heterocycles. The van der Waals surface area contributed by atoms with Crippen LogP contribution in [-0.2, 0) is 13.0 Å². The molecule has 0 saturated carbocycles. The highest BCUT2D eigenvalue weighted by Crippen LogP contribution is 2.32. The molecule has 2 heterocycles. The van der Waals surface area contributed by atoms with Crippen LogP contribution in [0.15, 0.2) is 40.7 Å². The Hall–Kier alpha value is -2.21. The number of hydrogen-bond donors (Lipinski definition) is 2. The van der Waals surface area contributed by atoms with Gasteiger partial charge in [0, 0.05) is 18.5 Å². The minimum Gasteiger partial charge on any atom is -0.454 e. The average Bonchev–Trinajstić information content (AvgIpc) is 3.21. The van der Waals surface area contributed by atoms with Crippen molar-refractivity contribution in [1.82, 2.24) is 10.6 Å². The van der Waals surface area contributed by atoms with E-state index in [0.717, 1.165) is 37.0 Å². The molecule has 6 heteroatoms. The summed E-state index contributed by atoms with van der Waals surface area (Å²) in [5.41, 5.74) is 1.21. The standard InChI is InChI=1S/C16H19N3O2S/c1-17-16(19-10-13-3-2-8-22-13)18-7-6-12-4-5-14-15(9-12)21-11-20-14/h2-5,8-9H,6-7,10-11H2,1H3,(H2,17,18,19). The summed E-state index contributed by atoms with van der Waals surface area (Å²) in [5, 5.41) is 8.70. The zero-order valence-corrected chi connectivity index (χ0v) is 13.3. The van der Waals surface area contributed by atoms with Crippen molar-refractivity contribution in [2.24, 2.45) is 4.99 Å². The molecule has 0 atom stereocenters. The lowest BCUT2D eigenvalue weighted by Crippen LogP contribution is -2.37. The molecule has 0 saturated heterocycles. The Balaban J connectivity index is 1.45. The van der Waals surface area contributed by atoms with Crippen LogP contribution in [0.1, 0.15) is 10.4 Å². The molecule has 3 rings (SSSR count). The molecular formula is C16H19N3O2S. The molecule has 0 amide bonds. The largest absolute Gasteiger partial charge is 0.454 e. The van der Waals surface area contributed by atoms with Gasteiger partial charge in [-0.3, -0.25) is 4.99 Å². The summed E-state index contributed by atoms with van der Waals surface area (Å²) in [5.74, 6) is 2.47. The van der Waals surface area contributed by atoms with Crippen LogP contribution in [-0.4, -0.2) is 26.3 Å². The van der Waals surface area contributed by atoms with E-state index in [1.165, 1.54) is 10.4 Å². The first-order valence-electron chi connectivity index (χ1n) is 7.20. The van der Waals surface area contributed by atoms with Crippen molar-refractivity contribution in [1.29, 1.82) is 0 Å². The van der Waals surface area contributed by atoms with E-state index in [1.807, 2.05) is 12.1 Å². The van der Waals surface area contributed by atoms with Gasteiger partial charge >= 0.3 is 0 Å². The molecule has 1 aliphatic heterocycles. The second-order valence-electron chi connectivity index (χ2n) is 4.87. The smallest absolute Gasteiger partial charge is 0.231 e. The molecule has 116 valence electrons. The third kappa shape index (κ3) is 3.71. The molecule has 5 nitrogen and oxygen atoms in total. The molecule has 0 fully saturated rings. The van der Waals surface area contributed by atoms with Gasteiger partial charge < -0.3 is 20.1 Å². The molecule has 1 aliphatic rings. The van der Waals surface area contributed by atoms with Gasteiger partial charge in [-0.2, -0.15) is 0 Å². The molecule has 2 aromatic rings. The van der Waals surface area contributed by atoms with Crippen LogP contribution in [0, 0.1) is 0 Å². The number of guanidine groups is 1. The van der Waals surface area contributed by atoms with Crippen molar-refractivity contribution >= 4 is 17.3 Å². The summed E-state index contributed by atoms with van der Waals surface area (Å²) in [6.07, 6.45) is 0.899. The van der Waals surface area contributed by atoms with E-state index in [9.17, 15) is 0 Å². The fourth-order valence-corrected chi connectivity index (χ4v) is 2.87. The predicted octanol–water partition coefficient (Wildman–Crippen LogP) is 2.38. The molecular weight excluding hydrogens is 298 g/mol. The number of thiophene rings is 1. The topological polar surface area (TPSA) is 54.9 Å². The van der Waals surface area contributed by atoms with Gasteiger partial charge in [0.05, 0.1) is 6.54 Å². The van der Waals surface area contributed by atoms with E-state index in [4.69, 9.17) is 9.47 Å². The maximum Gasteiger partial charge on any atom is 0.231 e. The van der Waals surface area contributed by atoms with Crippen LogP contribution < -0.4 is 20.1 Å². The highest BCUT2D eigenvalue weighted by atomic mass is 32.1. The predicted molar refractivity (Wildman–Crippen MR) is 88.8 cm³/mol. The van der Waals surface area contributed by atoms with Crippen LogP contribution in [0.25, 0.3) is 0 Å². The van der Waals surface area contributed by atoms with Gasteiger partial charge in [-0.15, -0.1) is 11.3 Å². The summed E-state index contributed by atoms with van der Waals surface area (Å²) >= 11 is 1.74. The van der Waals surface area contributed by atoms with Crippen LogP contribution in [0.5, 0.6) is 11.5 Å². The molecule has 22 heavy (non-hydrogen) atoms. The summed E-state index contributed by atoms with van der Waals surface area (Å²) in [6.45, 7) is 1.92. The summed E-state index contributed by atoms with van der Waals surface area (Å²) in [4.78, 5) is 5.52. The molecule has 0 unspecified atom stereocenters. The highest BCUT2D eigenvalue weighted by Gasteiger charge is 2.12. The third-order valence-electron chi connectivity index (χ3n) is 3.38. The second-order valence-corrected chi connectivity index (χ2v) is 5.90. The van der Waals surface area contributed by atoms with Crippen LogP contribution in [0.2, 0.25) is 0 Å². The lowest BCUT2D eigenvalue weighted by atomic mass is 10.1. The molecule has 0 radical (unpaired) electrons. The van der Waals surface area contributed by atoms with Crippen molar-refractivity contribution < 1.29 is 9.47 Å². The lowest BCUT2D eigenvalue weighted by molar-refractivity contribution is 0.174. The number of aliphatic imine (C=N–C) groups is 1. The normalized spacial score (nSPS) is 13.2. The second kappa shape index (κ2) is 7.17. The van der Waals surface area contributed by atoms with E-state index < -0.39 is 0 Å². The molecule has 2 N–H and O–H groups in total. The van der Waals surface area contributed by atoms with Gasteiger partial charge in [-0.1, -0.05) is 12.1 Å². The Labute approximate surface area is 134 Å². The first-order valence-corrected chi connectivity index (χ1v) is 8.08. The SMILES string of the molecule is CN=C(NCCc1ccc2c(c1)OCO2)NCc1cccs1. The van der Waals surface area contributed by atoms with Crippen LogP contribution >= 0.6 is 11.3 Å². The lowest BCUT2D eigenvalue weighted by Gasteiger charge is -2.11. The Kier molecular flexibility index (Phi) is 4.80. The quantitative estimate of drug-likeness (QED) is 0.657. The summed E-state index contributed by atoms with van der Waals surface area (Å²) < 4.78 is 10.7. The van der Waals surface area contributed by atoms with Crippen molar-refractivity contribution in [3.8, 4) is 11.5 Å². The third-order valence-corrected chi connectivity index (χ3v) is 4.25. The van der Waals surface area contributed by atoms with Crippen molar-refractivity contribution in [2.75, 3.05) is 20.4 Å². The zero-order valence-electron chi connectivity index (χ0n) is 12.5. The number of hydrogen-bond acceptors (Lipinski definition) is 4. The van der Waals surface area contributed by atoms with E-state index >= 15 is 0 Å². The molecule has 0 spiro atoms. The number of nitrogens with one attached hydrogen (secondary N) is 2. The maximum atomic E-state index is 5.39. The Morgan fingerprint density at radius 2 is 2.14 bits per heavy atom. The number of fused-ring (bicyclic) bond motifs is 1. The first-order chi connectivity index (χ1) is 10.8. The minimum absolute atomic E-state index is 0.316. The fourth-order valence-electron chi connectivity index (χ4n) is 2.23. The fraction of sp³-hybridized carbons (Fsp3) is 0.312. The van der Waals surface area contributed by atoms with Gasteiger partial charge in [0.25, 0.3) is 0 Å². The molecule has 0 aliphatic carbocycles. The first kappa shape index (κ1) is 14.7. The zero-order chi connectivity index (χ0) is 15.2. The molecule has 0 bridgehead atoms. The van der Waals surface area contributed by atoms with Gasteiger partial charge in [-0.25, -0.2) is 0 Å². The van der Waals surface area contributed by atoms with E-state index in [-0.39, 0.29) is 0 Å².